The van der Waals surface area contributed by atoms with E-state index in [0.717, 1.165) is 31.7 Å². The lowest BCUT2D eigenvalue weighted by molar-refractivity contribution is -0.141. The number of ether oxygens (including phenoxy) is 1. The van der Waals surface area contributed by atoms with Crippen LogP contribution in [0.3, 0.4) is 0 Å². The van der Waals surface area contributed by atoms with E-state index in [-0.39, 0.29) is 11.9 Å². The van der Waals surface area contributed by atoms with Gasteiger partial charge in [0.1, 0.15) is 6.04 Å². The first-order valence-corrected chi connectivity index (χ1v) is 7.57. The third-order valence-corrected chi connectivity index (χ3v) is 4.07. The van der Waals surface area contributed by atoms with Crippen molar-refractivity contribution in [3.8, 4) is 0 Å². The molecule has 1 aromatic rings. The highest BCUT2D eigenvalue weighted by Gasteiger charge is 2.32. The average Bonchev–Trinajstić information content (AvgIpc) is 2.58. The summed E-state index contributed by atoms with van der Waals surface area (Å²) in [5.74, 6) is 0.174. The van der Waals surface area contributed by atoms with Gasteiger partial charge in [-0.3, -0.25) is 14.7 Å². The van der Waals surface area contributed by atoms with Crippen molar-refractivity contribution in [3.05, 3.63) is 30.1 Å². The highest BCUT2D eigenvalue weighted by molar-refractivity contribution is 5.83. The SMILES string of the molecule is O=C(C(c1cccnc1)N1CCNCC1)N1CCOCC1. The van der Waals surface area contributed by atoms with E-state index in [4.69, 9.17) is 4.74 Å². The lowest BCUT2D eigenvalue weighted by Crippen LogP contribution is -2.52. The summed E-state index contributed by atoms with van der Waals surface area (Å²) in [5.41, 5.74) is 0.982. The molecule has 0 aliphatic carbocycles. The van der Waals surface area contributed by atoms with Gasteiger partial charge in [-0.2, -0.15) is 0 Å². The molecular weight excluding hydrogens is 268 g/mol. The van der Waals surface area contributed by atoms with Crippen LogP contribution in [-0.2, 0) is 9.53 Å². The molecule has 1 amide bonds. The van der Waals surface area contributed by atoms with E-state index >= 15 is 0 Å². The van der Waals surface area contributed by atoms with Gasteiger partial charge in [-0.25, -0.2) is 0 Å². The molecule has 114 valence electrons. The molecule has 3 heterocycles. The van der Waals surface area contributed by atoms with Crippen molar-refractivity contribution in [2.24, 2.45) is 0 Å². The van der Waals surface area contributed by atoms with Crippen molar-refractivity contribution >= 4 is 5.91 Å². The Morgan fingerprint density at radius 1 is 1.24 bits per heavy atom. The molecule has 1 unspecified atom stereocenters. The fourth-order valence-corrected chi connectivity index (χ4v) is 2.94. The first-order valence-electron chi connectivity index (χ1n) is 7.57. The average molecular weight is 290 g/mol. The van der Waals surface area contributed by atoms with Gasteiger partial charge in [-0.05, 0) is 11.6 Å². The minimum absolute atomic E-state index is 0.174. The molecule has 1 aromatic heterocycles. The molecule has 2 saturated heterocycles. The summed E-state index contributed by atoms with van der Waals surface area (Å²) >= 11 is 0. The van der Waals surface area contributed by atoms with Crippen LogP contribution in [0.1, 0.15) is 11.6 Å². The van der Waals surface area contributed by atoms with Crippen LogP contribution in [0.25, 0.3) is 0 Å². The van der Waals surface area contributed by atoms with Crippen molar-refractivity contribution < 1.29 is 9.53 Å². The molecule has 21 heavy (non-hydrogen) atoms. The Morgan fingerprint density at radius 3 is 2.67 bits per heavy atom. The van der Waals surface area contributed by atoms with E-state index in [1.165, 1.54) is 0 Å². The summed E-state index contributed by atoms with van der Waals surface area (Å²) in [6.07, 6.45) is 3.56. The number of piperazine rings is 1. The summed E-state index contributed by atoms with van der Waals surface area (Å²) in [6.45, 7) is 6.25. The zero-order chi connectivity index (χ0) is 14.5. The van der Waals surface area contributed by atoms with Crippen molar-refractivity contribution in [2.45, 2.75) is 6.04 Å². The van der Waals surface area contributed by atoms with Crippen molar-refractivity contribution in [3.63, 3.8) is 0 Å². The summed E-state index contributed by atoms with van der Waals surface area (Å²) in [7, 11) is 0. The Bertz CT molecular complexity index is 456. The molecule has 0 saturated carbocycles. The number of pyridine rings is 1. The maximum atomic E-state index is 13.0. The maximum Gasteiger partial charge on any atom is 0.244 e. The predicted molar refractivity (Wildman–Crippen MR) is 78.8 cm³/mol. The van der Waals surface area contributed by atoms with Gasteiger partial charge in [0.15, 0.2) is 0 Å². The number of hydrogen-bond acceptors (Lipinski definition) is 5. The Kier molecular flexibility index (Phi) is 4.80. The topological polar surface area (TPSA) is 57.7 Å². The summed E-state index contributed by atoms with van der Waals surface area (Å²) in [5, 5.41) is 3.34. The highest BCUT2D eigenvalue weighted by Crippen LogP contribution is 2.23. The molecule has 2 aliphatic rings. The van der Waals surface area contributed by atoms with E-state index < -0.39 is 0 Å². The molecule has 6 heteroatoms. The number of aromatic nitrogens is 1. The molecule has 0 bridgehead atoms. The third kappa shape index (κ3) is 3.40. The lowest BCUT2D eigenvalue weighted by Gasteiger charge is -2.38. The molecule has 0 aromatic carbocycles. The molecule has 2 fully saturated rings. The van der Waals surface area contributed by atoms with Crippen LogP contribution in [0.2, 0.25) is 0 Å². The minimum atomic E-state index is -0.223. The number of rotatable bonds is 3. The fraction of sp³-hybridized carbons (Fsp3) is 0.600. The Morgan fingerprint density at radius 2 is 2.00 bits per heavy atom. The molecule has 1 N–H and O–H groups in total. The fourth-order valence-electron chi connectivity index (χ4n) is 2.94. The number of carbonyl (C=O) groups excluding carboxylic acids is 1. The standard InChI is InChI=1S/C15H22N4O2/c20-15(19-8-10-21-11-9-19)14(13-2-1-3-17-12-13)18-6-4-16-5-7-18/h1-3,12,14,16H,4-11H2. The molecular formula is C15H22N4O2. The quantitative estimate of drug-likeness (QED) is 0.841. The first kappa shape index (κ1) is 14.4. The predicted octanol–water partition coefficient (Wildman–Crippen LogP) is -0.113. The number of hydrogen-bond donors (Lipinski definition) is 1. The van der Waals surface area contributed by atoms with Gasteiger partial charge in [0.05, 0.1) is 13.2 Å². The van der Waals surface area contributed by atoms with Crippen LogP contribution < -0.4 is 5.32 Å². The summed E-state index contributed by atoms with van der Waals surface area (Å²) in [6, 6.07) is 3.67. The minimum Gasteiger partial charge on any atom is -0.378 e. The van der Waals surface area contributed by atoms with Crippen LogP contribution in [-0.4, -0.2) is 73.2 Å². The van der Waals surface area contributed by atoms with E-state index in [1.807, 2.05) is 23.2 Å². The monoisotopic (exact) mass is 290 g/mol. The van der Waals surface area contributed by atoms with E-state index in [0.29, 0.717) is 26.3 Å². The number of nitrogens with zero attached hydrogens (tertiary/aromatic N) is 3. The van der Waals surface area contributed by atoms with Gasteiger partial charge in [-0.15, -0.1) is 0 Å². The summed E-state index contributed by atoms with van der Waals surface area (Å²) < 4.78 is 5.35. The van der Waals surface area contributed by atoms with E-state index in [2.05, 4.69) is 15.2 Å². The van der Waals surface area contributed by atoms with Gasteiger partial charge in [0.2, 0.25) is 5.91 Å². The van der Waals surface area contributed by atoms with Gasteiger partial charge in [-0.1, -0.05) is 6.07 Å². The van der Waals surface area contributed by atoms with Crippen molar-refractivity contribution in [1.29, 1.82) is 0 Å². The Hall–Kier alpha value is -1.50. The smallest absolute Gasteiger partial charge is 0.244 e. The largest absolute Gasteiger partial charge is 0.378 e. The van der Waals surface area contributed by atoms with Gasteiger partial charge in [0.25, 0.3) is 0 Å². The van der Waals surface area contributed by atoms with Gasteiger partial charge in [0, 0.05) is 51.7 Å². The van der Waals surface area contributed by atoms with E-state index in [1.54, 1.807) is 6.20 Å². The van der Waals surface area contributed by atoms with Crippen molar-refractivity contribution in [1.82, 2.24) is 20.1 Å². The number of amides is 1. The third-order valence-electron chi connectivity index (χ3n) is 4.07. The van der Waals surface area contributed by atoms with E-state index in [9.17, 15) is 4.79 Å². The van der Waals surface area contributed by atoms with Crippen LogP contribution in [0.4, 0.5) is 0 Å². The molecule has 0 radical (unpaired) electrons. The second kappa shape index (κ2) is 6.98. The zero-order valence-corrected chi connectivity index (χ0v) is 12.2. The molecule has 2 aliphatic heterocycles. The number of nitrogens with one attached hydrogen (secondary N) is 1. The Balaban J connectivity index is 1.82. The summed E-state index contributed by atoms with van der Waals surface area (Å²) in [4.78, 5) is 21.3. The van der Waals surface area contributed by atoms with Crippen LogP contribution >= 0.6 is 0 Å². The second-order valence-corrected chi connectivity index (χ2v) is 5.41. The van der Waals surface area contributed by atoms with Crippen molar-refractivity contribution in [2.75, 3.05) is 52.5 Å². The second-order valence-electron chi connectivity index (χ2n) is 5.41. The molecule has 0 spiro atoms. The van der Waals surface area contributed by atoms with Crippen LogP contribution in [0.5, 0.6) is 0 Å². The number of morpholine rings is 1. The Labute approximate surface area is 125 Å². The lowest BCUT2D eigenvalue weighted by atomic mass is 10.0. The zero-order valence-electron chi connectivity index (χ0n) is 12.2. The maximum absolute atomic E-state index is 13.0. The van der Waals surface area contributed by atoms with Crippen LogP contribution in [0, 0.1) is 0 Å². The van der Waals surface area contributed by atoms with Crippen LogP contribution in [0.15, 0.2) is 24.5 Å². The molecule has 1 atom stereocenters. The van der Waals surface area contributed by atoms with Gasteiger partial charge < -0.3 is 15.0 Å². The first-order chi connectivity index (χ1) is 10.4. The molecule has 6 nitrogen and oxygen atoms in total. The van der Waals surface area contributed by atoms with Gasteiger partial charge >= 0.3 is 0 Å². The number of carbonyl (C=O) groups is 1. The molecule has 3 rings (SSSR count). The normalized spacial score (nSPS) is 22.0. The highest BCUT2D eigenvalue weighted by atomic mass is 16.5.